The number of pyridine rings is 1. The number of aryl methyl sites for hydroxylation is 1. The molecule has 0 atom stereocenters. The molecule has 0 N–H and O–H groups in total. The van der Waals surface area contributed by atoms with Gasteiger partial charge < -0.3 is 14.0 Å². The Hall–Kier alpha value is -5.45. The molecule has 0 radical (unpaired) electrons. The van der Waals surface area contributed by atoms with Gasteiger partial charge in [-0.1, -0.05) is 78.3 Å². The van der Waals surface area contributed by atoms with Crippen LogP contribution < -0.4 is 9.47 Å². The molecule has 3 aromatic heterocycles. The largest absolute Gasteiger partial charge is 2.00 e. The van der Waals surface area contributed by atoms with E-state index in [4.69, 9.17) is 19.6 Å². The summed E-state index contributed by atoms with van der Waals surface area (Å²) in [4.78, 5) is 4.71. The van der Waals surface area contributed by atoms with E-state index in [0.717, 1.165) is 61.6 Å². The predicted molar refractivity (Wildman–Crippen MR) is 196 cm³/mol. The van der Waals surface area contributed by atoms with Crippen molar-refractivity contribution in [3.63, 3.8) is 0 Å². The van der Waals surface area contributed by atoms with Crippen molar-refractivity contribution >= 4 is 21.8 Å². The zero-order valence-corrected chi connectivity index (χ0v) is 30.4. The van der Waals surface area contributed by atoms with Crippen molar-refractivity contribution < 1.29 is 30.5 Å². The van der Waals surface area contributed by atoms with Crippen LogP contribution in [0, 0.1) is 26.0 Å². The molecule has 248 valence electrons. The van der Waals surface area contributed by atoms with E-state index < -0.39 is 0 Å². The molecule has 5 aromatic carbocycles. The molecular formula is C43H34N4O2Pt. The molecule has 6 nitrogen and oxygen atoms in total. The molecule has 0 aliphatic heterocycles. The Morgan fingerprint density at radius 1 is 0.680 bits per heavy atom. The monoisotopic (exact) mass is 833 g/mol. The van der Waals surface area contributed by atoms with Gasteiger partial charge in [-0.2, -0.15) is 17.2 Å². The van der Waals surface area contributed by atoms with E-state index in [2.05, 4.69) is 90.4 Å². The van der Waals surface area contributed by atoms with Gasteiger partial charge in [-0.25, -0.2) is 4.98 Å². The summed E-state index contributed by atoms with van der Waals surface area (Å²) in [6, 6.07) is 48.1. The topological polar surface area (TPSA) is 54.1 Å². The molecule has 0 saturated carbocycles. The number of fused-ring (bicyclic) bond motifs is 3. The van der Waals surface area contributed by atoms with Crippen LogP contribution in [0.25, 0.3) is 55.6 Å². The third-order valence-corrected chi connectivity index (χ3v) is 8.65. The van der Waals surface area contributed by atoms with Crippen molar-refractivity contribution in [2.24, 2.45) is 0 Å². The van der Waals surface area contributed by atoms with Crippen LogP contribution in [0.4, 0.5) is 0 Å². The van der Waals surface area contributed by atoms with Crippen molar-refractivity contribution in [2.75, 3.05) is 0 Å². The summed E-state index contributed by atoms with van der Waals surface area (Å²) in [7, 11) is 0. The quantitative estimate of drug-likeness (QED) is 0.143. The van der Waals surface area contributed by atoms with Crippen LogP contribution in [0.2, 0.25) is 0 Å². The maximum Gasteiger partial charge on any atom is 2.00 e. The minimum Gasteiger partial charge on any atom is -0.509 e. The van der Waals surface area contributed by atoms with Crippen LogP contribution in [0.3, 0.4) is 0 Å². The van der Waals surface area contributed by atoms with Crippen LogP contribution in [0.15, 0.2) is 128 Å². The Kier molecular flexibility index (Phi) is 9.13. The van der Waals surface area contributed by atoms with Gasteiger partial charge in [-0.3, -0.25) is 4.68 Å². The van der Waals surface area contributed by atoms with E-state index in [-0.39, 0.29) is 27.2 Å². The fraction of sp³-hybridized carbons (Fsp3) is 0.116. The second kappa shape index (κ2) is 13.8. The molecule has 0 amide bonds. The van der Waals surface area contributed by atoms with Crippen molar-refractivity contribution in [3.8, 4) is 51.0 Å². The fourth-order valence-corrected chi connectivity index (χ4v) is 6.53. The minimum atomic E-state index is 0. The Morgan fingerprint density at radius 3 is 2.20 bits per heavy atom. The first kappa shape index (κ1) is 33.1. The summed E-state index contributed by atoms with van der Waals surface area (Å²) < 4.78 is 16.5. The number of benzene rings is 5. The first-order valence-corrected chi connectivity index (χ1v) is 16.4. The Morgan fingerprint density at radius 2 is 1.40 bits per heavy atom. The molecule has 0 bridgehead atoms. The van der Waals surface area contributed by atoms with Crippen LogP contribution in [0.1, 0.15) is 25.2 Å². The smallest absolute Gasteiger partial charge is 0.509 e. The molecule has 8 rings (SSSR count). The van der Waals surface area contributed by atoms with Crippen LogP contribution in [-0.2, 0) is 21.1 Å². The van der Waals surface area contributed by atoms with Gasteiger partial charge in [0, 0.05) is 40.5 Å². The van der Waals surface area contributed by atoms with Gasteiger partial charge in [-0.05, 0) is 67.6 Å². The number of nitrogens with zero attached hydrogens (tertiary/aromatic N) is 4. The molecule has 50 heavy (non-hydrogen) atoms. The summed E-state index contributed by atoms with van der Waals surface area (Å²) in [6.07, 6.45) is 1.83. The van der Waals surface area contributed by atoms with Gasteiger partial charge in [0.25, 0.3) is 0 Å². The SMILES string of the molecule is Cc1nn(-c2[c-]c(Oc3[c-]c4c(cc3)c3ccccc3n4-c3cc(OC(C)C)ccn3)ccc2)c(C)c1-c1ccc(-c2ccccc2)cc1.[Pt+2]. The Balaban J connectivity index is 0.00000392. The Labute approximate surface area is 306 Å². The minimum absolute atomic E-state index is 0. The average molecular weight is 834 g/mol. The van der Waals surface area contributed by atoms with Crippen LogP contribution in [0.5, 0.6) is 17.2 Å². The molecular weight excluding hydrogens is 800 g/mol. The Bertz CT molecular complexity index is 2450. The number of rotatable bonds is 8. The molecule has 7 heteroatoms. The first-order valence-electron chi connectivity index (χ1n) is 16.4. The van der Waals surface area contributed by atoms with E-state index in [0.29, 0.717) is 11.5 Å². The zero-order valence-electron chi connectivity index (χ0n) is 28.1. The number of hydrogen-bond donors (Lipinski definition) is 0. The second-order valence-electron chi connectivity index (χ2n) is 12.4. The van der Waals surface area contributed by atoms with Gasteiger partial charge in [0.1, 0.15) is 11.6 Å². The third kappa shape index (κ3) is 6.23. The molecule has 8 aromatic rings. The van der Waals surface area contributed by atoms with E-state index in [1.165, 1.54) is 11.1 Å². The molecule has 0 spiro atoms. The number of ether oxygens (including phenoxy) is 2. The number of aromatic nitrogens is 4. The van der Waals surface area contributed by atoms with Crippen LogP contribution in [-0.4, -0.2) is 25.4 Å². The van der Waals surface area contributed by atoms with E-state index in [1.54, 1.807) is 6.20 Å². The van der Waals surface area contributed by atoms with Gasteiger partial charge in [-0.15, -0.1) is 35.7 Å². The van der Waals surface area contributed by atoms with Crippen molar-refractivity contribution in [2.45, 2.75) is 33.8 Å². The summed E-state index contributed by atoms with van der Waals surface area (Å²) in [6.45, 7) is 8.18. The maximum atomic E-state index is 6.42. The van der Waals surface area contributed by atoms with Gasteiger partial charge >= 0.3 is 21.1 Å². The van der Waals surface area contributed by atoms with Crippen molar-refractivity contribution in [3.05, 3.63) is 151 Å². The normalized spacial score (nSPS) is 11.2. The maximum absolute atomic E-state index is 6.42. The fourth-order valence-electron chi connectivity index (χ4n) is 6.53. The molecule has 0 aliphatic rings. The van der Waals surface area contributed by atoms with Crippen molar-refractivity contribution in [1.29, 1.82) is 0 Å². The van der Waals surface area contributed by atoms with E-state index in [1.807, 2.05) is 80.1 Å². The molecule has 0 saturated heterocycles. The third-order valence-electron chi connectivity index (χ3n) is 8.65. The first-order chi connectivity index (χ1) is 23.9. The van der Waals surface area contributed by atoms with Crippen molar-refractivity contribution in [1.82, 2.24) is 19.3 Å². The summed E-state index contributed by atoms with van der Waals surface area (Å²) in [5.41, 5.74) is 9.31. The zero-order chi connectivity index (χ0) is 33.5. The molecule has 3 heterocycles. The standard InChI is InChI=1S/C43H34N4O2.Pt/c1-28(2)48-37-23-24-44-42(27-37)46-40-16-9-8-15-38(40)39-22-21-36(26-41(39)46)49-35-14-10-13-34(25-35)47-30(4)43(29(3)45-47)33-19-17-32(18-20-33)31-11-6-5-7-12-31;/h5-24,27-28H,1-4H3;/q-2;+2. The van der Waals surface area contributed by atoms with Gasteiger partial charge in [0.2, 0.25) is 0 Å². The average Bonchev–Trinajstić information content (AvgIpc) is 3.61. The summed E-state index contributed by atoms with van der Waals surface area (Å²) in [5.74, 6) is 2.66. The predicted octanol–water partition coefficient (Wildman–Crippen LogP) is 10.5. The van der Waals surface area contributed by atoms with Gasteiger partial charge in [0.15, 0.2) is 0 Å². The molecule has 0 aliphatic carbocycles. The number of para-hydroxylation sites is 1. The summed E-state index contributed by atoms with van der Waals surface area (Å²) >= 11 is 0. The molecule has 0 fully saturated rings. The second-order valence-corrected chi connectivity index (χ2v) is 12.4. The van der Waals surface area contributed by atoms with Gasteiger partial charge in [0.05, 0.1) is 11.8 Å². The summed E-state index contributed by atoms with van der Waals surface area (Å²) in [5, 5.41) is 7.09. The van der Waals surface area contributed by atoms with E-state index in [9.17, 15) is 0 Å². The number of hydrogen-bond acceptors (Lipinski definition) is 4. The molecule has 0 unspecified atom stereocenters. The van der Waals surface area contributed by atoms with Crippen LogP contribution >= 0.6 is 0 Å². The van der Waals surface area contributed by atoms with E-state index >= 15 is 0 Å².